The van der Waals surface area contributed by atoms with Crippen LogP contribution in [0.15, 0.2) is 72.9 Å². The summed E-state index contributed by atoms with van der Waals surface area (Å²) < 4.78 is 12.0. The van der Waals surface area contributed by atoms with Gasteiger partial charge in [0.05, 0.1) is 30.6 Å². The van der Waals surface area contributed by atoms with Gasteiger partial charge in [-0.1, -0.05) is 42.5 Å². The molecule has 1 aromatic heterocycles. The van der Waals surface area contributed by atoms with Gasteiger partial charge >= 0.3 is 0 Å². The smallest absolute Gasteiger partial charge is 0.119 e. The first-order chi connectivity index (χ1) is 17.0. The van der Waals surface area contributed by atoms with Crippen LogP contribution in [0.5, 0.6) is 5.75 Å². The molecule has 1 saturated carbocycles. The molecule has 35 heavy (non-hydrogen) atoms. The molecule has 184 valence electrons. The lowest BCUT2D eigenvalue weighted by atomic mass is 9.52. The van der Waals surface area contributed by atoms with Gasteiger partial charge in [0.2, 0.25) is 0 Å². The number of aromatic nitrogens is 1. The summed E-state index contributed by atoms with van der Waals surface area (Å²) in [6.45, 7) is 4.94. The summed E-state index contributed by atoms with van der Waals surface area (Å²) in [7, 11) is 0. The van der Waals surface area contributed by atoms with Crippen molar-refractivity contribution >= 4 is 0 Å². The lowest BCUT2D eigenvalue weighted by molar-refractivity contribution is -0.104. The fraction of sp³-hybridized carbons (Fsp3) is 0.452. The molecule has 0 spiro atoms. The van der Waals surface area contributed by atoms with Crippen LogP contribution >= 0.6 is 0 Å². The van der Waals surface area contributed by atoms with Crippen LogP contribution in [-0.4, -0.2) is 28.4 Å². The average Bonchev–Trinajstić information content (AvgIpc) is 2.85. The van der Waals surface area contributed by atoms with Gasteiger partial charge in [-0.2, -0.15) is 0 Å². The third-order valence-corrected chi connectivity index (χ3v) is 7.90. The molecule has 0 unspecified atom stereocenters. The molecule has 3 aromatic rings. The minimum absolute atomic E-state index is 0.0263. The van der Waals surface area contributed by atoms with Crippen LogP contribution in [0.25, 0.3) is 0 Å². The standard InChI is InChI=1S/C31H37NO3/c1-23(2)35-28-13-14-29-25(18-28)11-12-26-20-30(33,22-34-21-27-10-6-7-17-32-27)15-16-31(26,29)19-24-8-4-3-5-9-24/h3-10,13-14,17-18,23,26,33H,11-12,15-16,19-22H2,1-2H3/t26-,30-,31+/m1/s1. The van der Waals surface area contributed by atoms with E-state index in [9.17, 15) is 5.11 Å². The van der Waals surface area contributed by atoms with E-state index in [2.05, 4.69) is 67.4 Å². The predicted molar refractivity (Wildman–Crippen MR) is 139 cm³/mol. The average molecular weight is 472 g/mol. The molecule has 0 aliphatic heterocycles. The Morgan fingerprint density at radius 1 is 1.03 bits per heavy atom. The summed E-state index contributed by atoms with van der Waals surface area (Å²) in [5, 5.41) is 11.6. The van der Waals surface area contributed by atoms with E-state index in [0.29, 0.717) is 19.1 Å². The monoisotopic (exact) mass is 471 g/mol. The summed E-state index contributed by atoms with van der Waals surface area (Å²) in [5.74, 6) is 1.37. The van der Waals surface area contributed by atoms with Crippen molar-refractivity contribution in [3.05, 3.63) is 95.3 Å². The third-order valence-electron chi connectivity index (χ3n) is 7.90. The van der Waals surface area contributed by atoms with Gasteiger partial charge < -0.3 is 14.6 Å². The molecule has 1 N–H and O–H groups in total. The summed E-state index contributed by atoms with van der Waals surface area (Å²) in [6.07, 6.45) is 7.51. The highest BCUT2D eigenvalue weighted by Crippen LogP contribution is 2.54. The molecule has 1 heterocycles. The third kappa shape index (κ3) is 5.29. The Morgan fingerprint density at radius 2 is 1.86 bits per heavy atom. The first-order valence-electron chi connectivity index (χ1n) is 13.0. The van der Waals surface area contributed by atoms with E-state index in [1.54, 1.807) is 6.20 Å². The van der Waals surface area contributed by atoms with Crippen LogP contribution in [0.4, 0.5) is 0 Å². The highest BCUT2D eigenvalue weighted by atomic mass is 16.5. The van der Waals surface area contributed by atoms with Crippen molar-refractivity contribution in [2.24, 2.45) is 5.92 Å². The number of nitrogens with zero attached hydrogens (tertiary/aromatic N) is 1. The SMILES string of the molecule is CC(C)Oc1ccc2c(c1)CC[C@@H]1C[C@@](O)(COCc3ccccn3)CC[C@@]21Cc1ccccc1. The second-order valence-corrected chi connectivity index (χ2v) is 10.8. The van der Waals surface area contributed by atoms with Crippen molar-refractivity contribution in [1.29, 1.82) is 0 Å². The maximum Gasteiger partial charge on any atom is 0.119 e. The lowest BCUT2D eigenvalue weighted by Crippen LogP contribution is -2.52. The van der Waals surface area contributed by atoms with Crippen LogP contribution in [-0.2, 0) is 29.6 Å². The molecule has 5 rings (SSSR count). The fourth-order valence-electron chi connectivity index (χ4n) is 6.33. The first kappa shape index (κ1) is 24.0. The molecule has 3 atom stereocenters. The molecule has 4 nitrogen and oxygen atoms in total. The Labute approximate surface area is 209 Å². The maximum absolute atomic E-state index is 11.6. The van der Waals surface area contributed by atoms with Gasteiger partial charge in [0.15, 0.2) is 0 Å². The van der Waals surface area contributed by atoms with E-state index in [1.165, 1.54) is 16.7 Å². The normalized spacial score (nSPS) is 25.7. The summed E-state index contributed by atoms with van der Waals surface area (Å²) >= 11 is 0. The van der Waals surface area contributed by atoms with Gasteiger partial charge in [-0.25, -0.2) is 0 Å². The second kappa shape index (κ2) is 10.1. The van der Waals surface area contributed by atoms with E-state index < -0.39 is 5.60 Å². The molecule has 0 bridgehead atoms. The quantitative estimate of drug-likeness (QED) is 0.435. The number of rotatable bonds is 8. The number of hydrogen-bond donors (Lipinski definition) is 1. The molecule has 0 radical (unpaired) electrons. The Hall–Kier alpha value is -2.69. The Bertz CT molecular complexity index is 1120. The van der Waals surface area contributed by atoms with Crippen LogP contribution in [0.2, 0.25) is 0 Å². The second-order valence-electron chi connectivity index (χ2n) is 10.8. The van der Waals surface area contributed by atoms with Crippen LogP contribution in [0, 0.1) is 5.92 Å². The van der Waals surface area contributed by atoms with Crippen molar-refractivity contribution in [3.8, 4) is 5.75 Å². The number of ether oxygens (including phenoxy) is 2. The van der Waals surface area contributed by atoms with Crippen molar-refractivity contribution in [1.82, 2.24) is 4.98 Å². The van der Waals surface area contributed by atoms with E-state index in [4.69, 9.17) is 9.47 Å². The fourth-order valence-corrected chi connectivity index (χ4v) is 6.33. The van der Waals surface area contributed by atoms with Crippen molar-refractivity contribution in [3.63, 3.8) is 0 Å². The number of aliphatic hydroxyl groups is 1. The zero-order valence-electron chi connectivity index (χ0n) is 21.0. The van der Waals surface area contributed by atoms with Gasteiger partial charge in [-0.3, -0.25) is 4.98 Å². The summed E-state index contributed by atoms with van der Waals surface area (Å²) in [5.41, 5.74) is 4.36. The Kier molecular flexibility index (Phi) is 6.95. The molecule has 2 aliphatic carbocycles. The molecule has 2 aliphatic rings. The van der Waals surface area contributed by atoms with Crippen molar-refractivity contribution in [2.75, 3.05) is 6.61 Å². The molecule has 0 saturated heterocycles. The number of aryl methyl sites for hydroxylation is 1. The zero-order valence-corrected chi connectivity index (χ0v) is 21.0. The molecule has 0 amide bonds. The maximum atomic E-state index is 11.6. The minimum atomic E-state index is -0.794. The number of hydrogen-bond acceptors (Lipinski definition) is 4. The van der Waals surface area contributed by atoms with Gasteiger partial charge in [-0.15, -0.1) is 0 Å². The van der Waals surface area contributed by atoms with Crippen LogP contribution in [0.3, 0.4) is 0 Å². The van der Waals surface area contributed by atoms with Gasteiger partial charge in [0.1, 0.15) is 5.75 Å². The number of pyridine rings is 1. The highest BCUT2D eigenvalue weighted by Gasteiger charge is 2.51. The van der Waals surface area contributed by atoms with E-state index >= 15 is 0 Å². The largest absolute Gasteiger partial charge is 0.491 e. The summed E-state index contributed by atoms with van der Waals surface area (Å²) in [4.78, 5) is 4.34. The van der Waals surface area contributed by atoms with E-state index in [0.717, 1.165) is 50.0 Å². The van der Waals surface area contributed by atoms with Gasteiger partial charge in [0, 0.05) is 11.6 Å². The molecular weight excluding hydrogens is 434 g/mol. The van der Waals surface area contributed by atoms with Gasteiger partial charge in [0.25, 0.3) is 0 Å². The lowest BCUT2D eigenvalue weighted by Gasteiger charge is -2.53. The van der Waals surface area contributed by atoms with Gasteiger partial charge in [-0.05, 0) is 99.2 Å². The van der Waals surface area contributed by atoms with Crippen molar-refractivity contribution < 1.29 is 14.6 Å². The first-order valence-corrected chi connectivity index (χ1v) is 13.0. The summed E-state index contributed by atoms with van der Waals surface area (Å²) in [6, 6.07) is 23.4. The predicted octanol–water partition coefficient (Wildman–Crippen LogP) is 6.04. The highest BCUT2D eigenvalue weighted by molar-refractivity contribution is 5.45. The van der Waals surface area contributed by atoms with Crippen LogP contribution in [0.1, 0.15) is 61.9 Å². The molecule has 4 heteroatoms. The topological polar surface area (TPSA) is 51.6 Å². The van der Waals surface area contributed by atoms with E-state index in [-0.39, 0.29) is 11.5 Å². The number of fused-ring (bicyclic) bond motifs is 3. The molecular formula is C31H37NO3. The Morgan fingerprint density at radius 3 is 2.63 bits per heavy atom. The van der Waals surface area contributed by atoms with E-state index in [1.807, 2.05) is 18.2 Å². The molecule has 1 fully saturated rings. The Balaban J connectivity index is 1.39. The van der Waals surface area contributed by atoms with Crippen molar-refractivity contribution in [2.45, 2.75) is 76.1 Å². The number of benzene rings is 2. The molecule has 2 aromatic carbocycles. The van der Waals surface area contributed by atoms with Crippen LogP contribution < -0.4 is 4.74 Å². The zero-order chi connectivity index (χ0) is 24.3. The minimum Gasteiger partial charge on any atom is -0.491 e.